The first-order chi connectivity index (χ1) is 13.1. The van der Waals surface area contributed by atoms with Gasteiger partial charge >= 0.3 is 12.1 Å². The zero-order chi connectivity index (χ0) is 19.1. The fourth-order valence-corrected chi connectivity index (χ4v) is 2.24. The Morgan fingerprint density at radius 2 is 1.67 bits per heavy atom. The Kier molecular flexibility index (Phi) is 5.73. The maximum Gasteiger partial charge on any atom is 0.411 e. The van der Waals surface area contributed by atoms with Crippen LogP contribution in [0.15, 0.2) is 71.1 Å². The number of carbonyl (C=O) groups is 2. The quantitative estimate of drug-likeness (QED) is 0.646. The summed E-state index contributed by atoms with van der Waals surface area (Å²) in [6.07, 6.45) is -0.552. The van der Waals surface area contributed by atoms with Gasteiger partial charge in [0.05, 0.1) is 0 Å². The molecule has 0 aliphatic carbocycles. The van der Waals surface area contributed by atoms with Gasteiger partial charge in [-0.1, -0.05) is 30.3 Å². The molecule has 3 aromatic rings. The van der Waals surface area contributed by atoms with Crippen LogP contribution in [0.1, 0.15) is 21.9 Å². The number of carboxylic acids is 1. The Balaban J connectivity index is 1.46. The molecule has 0 saturated carbocycles. The number of furan rings is 1. The van der Waals surface area contributed by atoms with Crippen LogP contribution in [0.4, 0.5) is 10.5 Å². The number of amides is 1. The van der Waals surface area contributed by atoms with Gasteiger partial charge < -0.3 is 19.0 Å². The van der Waals surface area contributed by atoms with Crippen molar-refractivity contribution in [3.8, 4) is 5.75 Å². The molecular formula is C20H17NO6. The average molecular weight is 367 g/mol. The van der Waals surface area contributed by atoms with Crippen molar-refractivity contribution in [2.45, 2.75) is 13.2 Å². The van der Waals surface area contributed by atoms with E-state index in [4.69, 9.17) is 19.0 Å². The lowest BCUT2D eigenvalue weighted by Gasteiger charge is -2.08. The highest BCUT2D eigenvalue weighted by Gasteiger charge is 2.09. The van der Waals surface area contributed by atoms with E-state index in [2.05, 4.69) is 5.32 Å². The predicted octanol–water partition coefficient (Wildman–Crippen LogP) is 4.31. The third-order valence-electron chi connectivity index (χ3n) is 3.57. The van der Waals surface area contributed by atoms with Crippen molar-refractivity contribution in [3.63, 3.8) is 0 Å². The molecule has 2 aromatic carbocycles. The molecule has 0 atom stereocenters. The number of carboxylic acid groups (broad SMARTS) is 1. The number of benzene rings is 2. The molecule has 3 rings (SSSR count). The lowest BCUT2D eigenvalue weighted by Crippen LogP contribution is -2.13. The molecule has 7 heteroatoms. The van der Waals surface area contributed by atoms with Crippen LogP contribution in [0, 0.1) is 0 Å². The fraction of sp³-hybridized carbons (Fsp3) is 0.100. The van der Waals surface area contributed by atoms with Crippen molar-refractivity contribution in [2.24, 2.45) is 0 Å². The molecule has 0 unspecified atom stereocenters. The smallest absolute Gasteiger partial charge is 0.411 e. The molecule has 0 aliphatic rings. The first-order valence-corrected chi connectivity index (χ1v) is 8.13. The molecule has 27 heavy (non-hydrogen) atoms. The third kappa shape index (κ3) is 5.37. The van der Waals surface area contributed by atoms with E-state index in [1.54, 1.807) is 30.3 Å². The second-order valence-electron chi connectivity index (χ2n) is 5.57. The summed E-state index contributed by atoms with van der Waals surface area (Å²) in [5.74, 6) is -0.316. The highest BCUT2D eigenvalue weighted by Crippen LogP contribution is 2.18. The first kappa shape index (κ1) is 18.1. The van der Waals surface area contributed by atoms with E-state index in [1.807, 2.05) is 30.3 Å². The van der Waals surface area contributed by atoms with Gasteiger partial charge in [0.1, 0.15) is 24.7 Å². The van der Waals surface area contributed by atoms with E-state index in [0.717, 1.165) is 5.56 Å². The lowest BCUT2D eigenvalue weighted by molar-refractivity contribution is 0.0658. The summed E-state index contributed by atoms with van der Waals surface area (Å²) in [6, 6.07) is 19.0. The minimum absolute atomic E-state index is 0.0964. The number of rotatable bonds is 7. The maximum absolute atomic E-state index is 11.8. The van der Waals surface area contributed by atoms with Crippen molar-refractivity contribution in [3.05, 3.63) is 83.8 Å². The first-order valence-electron chi connectivity index (χ1n) is 8.13. The number of hydrogen-bond acceptors (Lipinski definition) is 5. The molecule has 2 N–H and O–H groups in total. The number of ether oxygens (including phenoxy) is 2. The molecule has 0 saturated heterocycles. The second kappa shape index (κ2) is 8.57. The monoisotopic (exact) mass is 367 g/mol. The van der Waals surface area contributed by atoms with Crippen molar-refractivity contribution in [1.29, 1.82) is 0 Å². The standard InChI is InChI=1S/C20H17NO6/c22-19(23)18-11-10-17(27-18)13-25-16-8-6-15(7-9-16)21-20(24)26-12-14-4-2-1-3-5-14/h1-11H,12-13H2,(H,21,24)(H,22,23). The maximum atomic E-state index is 11.8. The van der Waals surface area contributed by atoms with Gasteiger partial charge in [-0.2, -0.15) is 0 Å². The molecular weight excluding hydrogens is 350 g/mol. The minimum atomic E-state index is -1.13. The molecule has 1 heterocycles. The second-order valence-corrected chi connectivity index (χ2v) is 5.57. The zero-order valence-electron chi connectivity index (χ0n) is 14.3. The number of aromatic carboxylic acids is 1. The van der Waals surface area contributed by atoms with E-state index >= 15 is 0 Å². The Hall–Kier alpha value is -3.74. The number of carbonyl (C=O) groups excluding carboxylic acids is 1. The van der Waals surface area contributed by atoms with Crippen LogP contribution in [0.5, 0.6) is 5.75 Å². The van der Waals surface area contributed by atoms with Crippen molar-refractivity contribution < 1.29 is 28.6 Å². The summed E-state index contributed by atoms with van der Waals surface area (Å²) in [5.41, 5.74) is 1.46. The summed E-state index contributed by atoms with van der Waals surface area (Å²) >= 11 is 0. The Morgan fingerprint density at radius 1 is 0.926 bits per heavy atom. The van der Waals surface area contributed by atoms with Crippen LogP contribution in [0.25, 0.3) is 0 Å². The van der Waals surface area contributed by atoms with E-state index < -0.39 is 12.1 Å². The Labute approximate surface area is 155 Å². The van der Waals surface area contributed by atoms with Gasteiger partial charge in [-0.05, 0) is 42.0 Å². The lowest BCUT2D eigenvalue weighted by atomic mass is 10.2. The van der Waals surface area contributed by atoms with Gasteiger partial charge in [-0.25, -0.2) is 9.59 Å². The zero-order valence-corrected chi connectivity index (χ0v) is 14.3. The SMILES string of the molecule is O=C(Nc1ccc(OCc2ccc(C(=O)O)o2)cc1)OCc1ccccc1. The minimum Gasteiger partial charge on any atom is -0.486 e. The number of hydrogen-bond donors (Lipinski definition) is 2. The van der Waals surface area contributed by atoms with Gasteiger partial charge in [0, 0.05) is 5.69 Å². The summed E-state index contributed by atoms with van der Waals surface area (Å²) in [6.45, 7) is 0.286. The Bertz CT molecular complexity index is 902. The summed E-state index contributed by atoms with van der Waals surface area (Å²) in [7, 11) is 0. The van der Waals surface area contributed by atoms with Gasteiger partial charge in [-0.15, -0.1) is 0 Å². The number of nitrogens with one attached hydrogen (secondary N) is 1. The summed E-state index contributed by atoms with van der Waals surface area (Å²) in [5, 5.41) is 11.4. The molecule has 0 spiro atoms. The number of anilines is 1. The van der Waals surface area contributed by atoms with Crippen molar-refractivity contribution in [2.75, 3.05) is 5.32 Å². The molecule has 0 aliphatic heterocycles. The summed E-state index contributed by atoms with van der Waals surface area (Å²) < 4.78 is 15.8. The highest BCUT2D eigenvalue weighted by atomic mass is 16.5. The largest absolute Gasteiger partial charge is 0.486 e. The van der Waals surface area contributed by atoms with Gasteiger partial charge in [0.15, 0.2) is 0 Å². The van der Waals surface area contributed by atoms with Crippen molar-refractivity contribution in [1.82, 2.24) is 0 Å². The van der Waals surface area contributed by atoms with Crippen LogP contribution in [0.2, 0.25) is 0 Å². The normalized spacial score (nSPS) is 10.2. The van der Waals surface area contributed by atoms with Gasteiger partial charge in [0.25, 0.3) is 0 Å². The molecule has 0 radical (unpaired) electrons. The van der Waals surface area contributed by atoms with Crippen LogP contribution in [-0.2, 0) is 18.0 Å². The summed E-state index contributed by atoms with van der Waals surface area (Å²) in [4.78, 5) is 22.6. The molecule has 138 valence electrons. The average Bonchev–Trinajstić information content (AvgIpc) is 3.16. The molecule has 0 bridgehead atoms. The molecule has 0 fully saturated rings. The van der Waals surface area contributed by atoms with E-state index in [9.17, 15) is 9.59 Å². The molecule has 1 amide bonds. The van der Waals surface area contributed by atoms with Crippen LogP contribution in [0.3, 0.4) is 0 Å². The predicted molar refractivity (Wildman–Crippen MR) is 96.7 cm³/mol. The molecule has 7 nitrogen and oxygen atoms in total. The molecule has 1 aromatic heterocycles. The Morgan fingerprint density at radius 3 is 2.33 bits per heavy atom. The van der Waals surface area contributed by atoms with Gasteiger partial charge in [-0.3, -0.25) is 5.32 Å². The third-order valence-corrected chi connectivity index (χ3v) is 3.57. The van der Waals surface area contributed by atoms with Crippen molar-refractivity contribution >= 4 is 17.7 Å². The van der Waals surface area contributed by atoms with Crippen LogP contribution in [-0.4, -0.2) is 17.2 Å². The van der Waals surface area contributed by atoms with E-state index in [-0.39, 0.29) is 19.0 Å². The van der Waals surface area contributed by atoms with E-state index in [0.29, 0.717) is 17.2 Å². The van der Waals surface area contributed by atoms with E-state index in [1.165, 1.54) is 6.07 Å². The topological polar surface area (TPSA) is 98.0 Å². The fourth-order valence-electron chi connectivity index (χ4n) is 2.24. The highest BCUT2D eigenvalue weighted by molar-refractivity contribution is 5.84. The van der Waals surface area contributed by atoms with Gasteiger partial charge in [0.2, 0.25) is 5.76 Å². The van der Waals surface area contributed by atoms with Crippen LogP contribution < -0.4 is 10.1 Å². The van der Waals surface area contributed by atoms with Crippen LogP contribution >= 0.6 is 0 Å².